The third-order valence-electron chi connectivity index (χ3n) is 3.29. The fraction of sp³-hybridized carbons (Fsp3) is 0.600. The van der Waals surface area contributed by atoms with Gasteiger partial charge in [0, 0.05) is 13.1 Å². The van der Waals surface area contributed by atoms with E-state index in [0.717, 1.165) is 18.8 Å². The van der Waals surface area contributed by atoms with Crippen LogP contribution in [0.15, 0.2) is 12.1 Å². The highest BCUT2D eigenvalue weighted by Crippen LogP contribution is 2.28. The first-order valence-electron chi connectivity index (χ1n) is 7.31. The van der Waals surface area contributed by atoms with Crippen LogP contribution in [0.2, 0.25) is 0 Å². The number of nitrogens with zero attached hydrogens (tertiary/aromatic N) is 2. The Morgan fingerprint density at radius 3 is 2.81 bits per heavy atom. The quantitative estimate of drug-likeness (QED) is 0.883. The molecule has 6 heteroatoms. The Balaban J connectivity index is 2.31. The molecule has 2 heterocycles. The highest BCUT2D eigenvalue weighted by molar-refractivity contribution is 5.86. The number of aromatic nitrogens is 1. The second-order valence-corrected chi connectivity index (χ2v) is 6.19. The van der Waals surface area contributed by atoms with E-state index in [1.165, 1.54) is 0 Å². The van der Waals surface area contributed by atoms with Crippen molar-refractivity contribution in [3.8, 4) is 5.88 Å². The van der Waals surface area contributed by atoms with Gasteiger partial charge < -0.3 is 20.7 Å². The molecule has 0 aromatic carbocycles. The lowest BCUT2D eigenvalue weighted by Gasteiger charge is -2.35. The number of hydrogen-bond acceptors (Lipinski definition) is 5. The molecule has 1 aliphatic heterocycles. The van der Waals surface area contributed by atoms with E-state index in [1.54, 1.807) is 6.07 Å². The van der Waals surface area contributed by atoms with Gasteiger partial charge in [-0.2, -0.15) is 4.98 Å². The number of carbonyl (C=O) groups excluding carboxylic acids is 1. The first-order valence-corrected chi connectivity index (χ1v) is 7.31. The topological polar surface area (TPSA) is 80.5 Å². The van der Waals surface area contributed by atoms with E-state index >= 15 is 0 Å². The summed E-state index contributed by atoms with van der Waals surface area (Å²) in [4.78, 5) is 18.5. The van der Waals surface area contributed by atoms with Crippen LogP contribution in [0.1, 0.15) is 34.1 Å². The monoisotopic (exact) mass is 292 g/mol. The lowest BCUT2D eigenvalue weighted by molar-refractivity contribution is -0.123. The van der Waals surface area contributed by atoms with Crippen LogP contribution in [-0.2, 0) is 4.79 Å². The van der Waals surface area contributed by atoms with E-state index in [9.17, 15) is 4.79 Å². The molecule has 6 nitrogen and oxygen atoms in total. The fourth-order valence-electron chi connectivity index (χ4n) is 2.37. The van der Waals surface area contributed by atoms with Gasteiger partial charge in [0.15, 0.2) is 0 Å². The fourth-order valence-corrected chi connectivity index (χ4v) is 2.37. The van der Waals surface area contributed by atoms with Crippen molar-refractivity contribution in [2.75, 3.05) is 23.7 Å². The Hall–Kier alpha value is -1.98. The minimum absolute atomic E-state index is 0.0423. The molecule has 1 aromatic heterocycles. The molecule has 1 saturated heterocycles. The van der Waals surface area contributed by atoms with E-state index in [0.29, 0.717) is 18.1 Å². The van der Waals surface area contributed by atoms with Crippen molar-refractivity contribution in [1.82, 2.24) is 10.3 Å². The average Bonchev–Trinajstić information content (AvgIpc) is 2.39. The average molecular weight is 292 g/mol. The molecule has 3 N–H and O–H groups in total. The minimum atomic E-state index is -0.372. The molecule has 1 atom stereocenters. The maximum Gasteiger partial charge on any atom is 0.242 e. The molecule has 1 fully saturated rings. The highest BCUT2D eigenvalue weighted by Gasteiger charge is 2.29. The zero-order valence-electron chi connectivity index (χ0n) is 13.1. The van der Waals surface area contributed by atoms with Crippen LogP contribution in [0.25, 0.3) is 0 Å². The van der Waals surface area contributed by atoms with E-state index in [2.05, 4.69) is 10.3 Å². The maximum absolute atomic E-state index is 12.0. The van der Waals surface area contributed by atoms with Gasteiger partial charge in [0.25, 0.3) is 0 Å². The van der Waals surface area contributed by atoms with Crippen molar-refractivity contribution in [2.45, 2.75) is 45.8 Å². The Morgan fingerprint density at radius 2 is 2.19 bits per heavy atom. The van der Waals surface area contributed by atoms with Crippen molar-refractivity contribution in [3.63, 3.8) is 0 Å². The summed E-state index contributed by atoms with van der Waals surface area (Å²) in [6.45, 7) is 9.19. The van der Waals surface area contributed by atoms with Gasteiger partial charge in [-0.25, -0.2) is 0 Å². The molecule has 116 valence electrons. The predicted octanol–water partition coefficient (Wildman–Crippen LogP) is 1.56. The van der Waals surface area contributed by atoms with E-state index in [-0.39, 0.29) is 17.6 Å². The summed E-state index contributed by atoms with van der Waals surface area (Å²) < 4.78 is 5.80. The zero-order valence-corrected chi connectivity index (χ0v) is 13.1. The molecular formula is C15H24N4O2. The number of hydrogen-bond donors (Lipinski definition) is 2. The predicted molar refractivity (Wildman–Crippen MR) is 83.5 cm³/mol. The standard InChI is InChI=1S/C15H24N4O2/c1-5-11-13(20)17-8-9-19(11)12-7-6-10(16)14(18-12)21-15(2,3)4/h6-7,11H,5,8-9,16H2,1-4H3,(H,17,20). The van der Waals surface area contributed by atoms with E-state index < -0.39 is 0 Å². The van der Waals surface area contributed by atoms with Crippen molar-refractivity contribution >= 4 is 17.4 Å². The number of nitrogens with one attached hydrogen (secondary N) is 1. The minimum Gasteiger partial charge on any atom is -0.470 e. The lowest BCUT2D eigenvalue weighted by atomic mass is 10.1. The van der Waals surface area contributed by atoms with Gasteiger partial charge in [-0.3, -0.25) is 4.79 Å². The van der Waals surface area contributed by atoms with Crippen LogP contribution < -0.4 is 20.7 Å². The zero-order chi connectivity index (χ0) is 15.6. The van der Waals surface area contributed by atoms with Crippen molar-refractivity contribution < 1.29 is 9.53 Å². The molecule has 0 saturated carbocycles. The number of carbonyl (C=O) groups is 1. The third kappa shape index (κ3) is 3.56. The summed E-state index contributed by atoms with van der Waals surface area (Å²) in [5.41, 5.74) is 6.07. The number of anilines is 2. The van der Waals surface area contributed by atoms with Crippen LogP contribution >= 0.6 is 0 Å². The summed E-state index contributed by atoms with van der Waals surface area (Å²) in [5.74, 6) is 1.19. The van der Waals surface area contributed by atoms with Gasteiger partial charge in [-0.1, -0.05) is 6.92 Å². The van der Waals surface area contributed by atoms with Gasteiger partial charge in [0.05, 0.1) is 5.69 Å². The smallest absolute Gasteiger partial charge is 0.242 e. The molecule has 0 radical (unpaired) electrons. The molecule has 21 heavy (non-hydrogen) atoms. The molecule has 0 aliphatic carbocycles. The van der Waals surface area contributed by atoms with Crippen molar-refractivity contribution in [2.24, 2.45) is 0 Å². The lowest BCUT2D eigenvalue weighted by Crippen LogP contribution is -2.55. The Labute approximate surface area is 125 Å². The SMILES string of the molecule is CCC1C(=O)NCCN1c1ccc(N)c(OC(C)(C)C)n1. The van der Waals surface area contributed by atoms with Crippen LogP contribution in [0.3, 0.4) is 0 Å². The Kier molecular flexibility index (Phi) is 4.25. The van der Waals surface area contributed by atoms with Gasteiger partial charge in [-0.15, -0.1) is 0 Å². The molecular weight excluding hydrogens is 268 g/mol. The maximum atomic E-state index is 12.0. The number of nitrogens with two attached hydrogens (primary N) is 1. The summed E-state index contributed by atoms with van der Waals surface area (Å²) in [6.07, 6.45) is 0.730. The first kappa shape index (κ1) is 15.4. The molecule has 1 unspecified atom stereocenters. The molecule has 0 bridgehead atoms. The van der Waals surface area contributed by atoms with Gasteiger partial charge in [-0.05, 0) is 39.3 Å². The number of nitrogen functional groups attached to an aromatic ring is 1. The number of pyridine rings is 1. The summed E-state index contributed by atoms with van der Waals surface area (Å²) >= 11 is 0. The summed E-state index contributed by atoms with van der Waals surface area (Å²) in [7, 11) is 0. The number of piperazine rings is 1. The normalized spacial score (nSPS) is 19.3. The second kappa shape index (κ2) is 5.79. The van der Waals surface area contributed by atoms with Crippen LogP contribution in [0.5, 0.6) is 5.88 Å². The van der Waals surface area contributed by atoms with Crippen LogP contribution in [-0.4, -0.2) is 35.6 Å². The van der Waals surface area contributed by atoms with Crippen molar-refractivity contribution in [3.05, 3.63) is 12.1 Å². The summed E-state index contributed by atoms with van der Waals surface area (Å²) in [6, 6.07) is 3.42. The number of amides is 1. The molecule has 1 amide bonds. The largest absolute Gasteiger partial charge is 0.470 e. The highest BCUT2D eigenvalue weighted by atomic mass is 16.5. The van der Waals surface area contributed by atoms with E-state index in [1.807, 2.05) is 38.7 Å². The van der Waals surface area contributed by atoms with Crippen LogP contribution in [0, 0.1) is 0 Å². The molecule has 1 aliphatic rings. The Bertz CT molecular complexity index is 525. The van der Waals surface area contributed by atoms with E-state index in [4.69, 9.17) is 10.5 Å². The first-order chi connectivity index (χ1) is 9.81. The van der Waals surface area contributed by atoms with Crippen LogP contribution in [0.4, 0.5) is 11.5 Å². The molecule has 2 rings (SSSR count). The molecule has 1 aromatic rings. The number of rotatable bonds is 3. The van der Waals surface area contributed by atoms with Gasteiger partial charge in [0.2, 0.25) is 11.8 Å². The third-order valence-corrected chi connectivity index (χ3v) is 3.29. The van der Waals surface area contributed by atoms with Gasteiger partial charge in [0.1, 0.15) is 17.5 Å². The Morgan fingerprint density at radius 1 is 1.48 bits per heavy atom. The van der Waals surface area contributed by atoms with Gasteiger partial charge >= 0.3 is 0 Å². The molecule has 0 spiro atoms. The summed E-state index contributed by atoms with van der Waals surface area (Å²) in [5, 5.41) is 2.88. The van der Waals surface area contributed by atoms with Crippen molar-refractivity contribution in [1.29, 1.82) is 0 Å². The number of ether oxygens (including phenoxy) is 1. The second-order valence-electron chi connectivity index (χ2n) is 6.19.